The zero-order valence-electron chi connectivity index (χ0n) is 10.2. The van der Waals surface area contributed by atoms with Crippen LogP contribution in [-0.2, 0) is 6.54 Å². The van der Waals surface area contributed by atoms with Gasteiger partial charge in [-0.1, -0.05) is 0 Å². The van der Waals surface area contributed by atoms with Crippen molar-refractivity contribution in [1.82, 2.24) is 0 Å². The second-order valence-corrected chi connectivity index (χ2v) is 4.41. The second kappa shape index (κ2) is 5.82. The minimum atomic E-state index is 0.612. The van der Waals surface area contributed by atoms with E-state index in [9.17, 15) is 0 Å². The molecule has 0 unspecified atom stereocenters. The molecule has 4 nitrogen and oxygen atoms in total. The van der Waals surface area contributed by atoms with Crippen molar-refractivity contribution in [3.63, 3.8) is 0 Å². The quantitative estimate of drug-likeness (QED) is 0.915. The minimum absolute atomic E-state index is 0.612. The topological polar surface area (TPSA) is 43.6 Å². The Bertz CT molecular complexity index is 525. The van der Waals surface area contributed by atoms with E-state index in [1.807, 2.05) is 30.3 Å². The molecule has 0 aliphatic carbocycles. The van der Waals surface area contributed by atoms with E-state index in [0.717, 1.165) is 16.1 Å². The normalized spacial score (nSPS) is 10.2. The smallest absolute Gasteiger partial charge is 0.169 e. The third kappa shape index (κ3) is 2.98. The fourth-order valence-electron chi connectivity index (χ4n) is 1.58. The Balaban J connectivity index is 2.05. The number of hydrogen-bond acceptors (Lipinski definition) is 4. The van der Waals surface area contributed by atoms with Gasteiger partial charge in [0, 0.05) is 11.8 Å². The fraction of sp³-hybridized carbons (Fsp3) is 0.231. The van der Waals surface area contributed by atoms with Gasteiger partial charge in [0.05, 0.1) is 20.8 Å². The average molecular weight is 312 g/mol. The second-order valence-electron chi connectivity index (χ2n) is 3.63. The first kappa shape index (κ1) is 12.8. The van der Waals surface area contributed by atoms with Gasteiger partial charge in [0.2, 0.25) is 0 Å². The molecule has 0 radical (unpaired) electrons. The number of halogens is 1. The van der Waals surface area contributed by atoms with Crippen LogP contribution in [0.2, 0.25) is 0 Å². The third-order valence-corrected chi connectivity index (χ3v) is 2.91. The largest absolute Gasteiger partial charge is 0.493 e. The Kier molecular flexibility index (Phi) is 4.15. The molecule has 0 saturated heterocycles. The van der Waals surface area contributed by atoms with Crippen LogP contribution in [0.3, 0.4) is 0 Å². The van der Waals surface area contributed by atoms with Crippen LogP contribution in [0, 0.1) is 0 Å². The number of ether oxygens (including phenoxy) is 2. The van der Waals surface area contributed by atoms with Gasteiger partial charge in [0.1, 0.15) is 5.76 Å². The molecular weight excluding hydrogens is 298 g/mol. The van der Waals surface area contributed by atoms with E-state index in [0.29, 0.717) is 18.0 Å². The van der Waals surface area contributed by atoms with Crippen LogP contribution >= 0.6 is 15.9 Å². The zero-order valence-corrected chi connectivity index (χ0v) is 11.8. The van der Waals surface area contributed by atoms with E-state index < -0.39 is 0 Å². The van der Waals surface area contributed by atoms with Gasteiger partial charge in [0.25, 0.3) is 0 Å². The van der Waals surface area contributed by atoms with Crippen LogP contribution in [0.4, 0.5) is 5.69 Å². The number of anilines is 1. The van der Waals surface area contributed by atoms with Crippen molar-refractivity contribution in [2.75, 3.05) is 19.5 Å². The third-order valence-electron chi connectivity index (χ3n) is 2.48. The maximum Gasteiger partial charge on any atom is 0.169 e. The lowest BCUT2D eigenvalue weighted by molar-refractivity contribution is 0.355. The molecule has 2 aromatic rings. The molecule has 0 bridgehead atoms. The summed E-state index contributed by atoms with van der Waals surface area (Å²) in [6.07, 6.45) is 0. The number of rotatable bonds is 5. The summed E-state index contributed by atoms with van der Waals surface area (Å²) in [5, 5.41) is 3.25. The molecule has 0 spiro atoms. The Labute approximate surface area is 114 Å². The minimum Gasteiger partial charge on any atom is -0.493 e. The summed E-state index contributed by atoms with van der Waals surface area (Å²) in [7, 11) is 3.23. The van der Waals surface area contributed by atoms with Crippen molar-refractivity contribution in [3.05, 3.63) is 40.8 Å². The van der Waals surface area contributed by atoms with E-state index in [-0.39, 0.29) is 0 Å². The van der Waals surface area contributed by atoms with Crippen molar-refractivity contribution in [3.8, 4) is 11.5 Å². The van der Waals surface area contributed by atoms with Crippen LogP contribution < -0.4 is 14.8 Å². The fourth-order valence-corrected chi connectivity index (χ4v) is 1.92. The highest BCUT2D eigenvalue weighted by molar-refractivity contribution is 9.10. The highest BCUT2D eigenvalue weighted by Gasteiger charge is 2.05. The van der Waals surface area contributed by atoms with Crippen LogP contribution in [0.1, 0.15) is 5.76 Å². The van der Waals surface area contributed by atoms with Gasteiger partial charge in [-0.3, -0.25) is 0 Å². The molecule has 1 aromatic carbocycles. The molecule has 96 valence electrons. The molecule has 18 heavy (non-hydrogen) atoms. The molecule has 5 heteroatoms. The molecule has 0 aliphatic heterocycles. The number of furan rings is 1. The SMILES string of the molecule is COc1ccc(NCc2ccc(Br)o2)cc1OC. The monoisotopic (exact) mass is 311 g/mol. The number of hydrogen-bond donors (Lipinski definition) is 1. The summed E-state index contributed by atoms with van der Waals surface area (Å²) in [6.45, 7) is 0.612. The lowest BCUT2D eigenvalue weighted by Gasteiger charge is -2.10. The Hall–Kier alpha value is -1.62. The summed E-state index contributed by atoms with van der Waals surface area (Å²) >= 11 is 3.27. The molecule has 0 amide bonds. The lowest BCUT2D eigenvalue weighted by atomic mass is 10.2. The molecular formula is C13H14BrNO3. The van der Waals surface area contributed by atoms with Gasteiger partial charge in [0.15, 0.2) is 16.2 Å². The number of benzene rings is 1. The van der Waals surface area contributed by atoms with Gasteiger partial charge in [-0.25, -0.2) is 0 Å². The molecule has 1 aromatic heterocycles. The summed E-state index contributed by atoms with van der Waals surface area (Å²) in [4.78, 5) is 0. The molecule has 0 aliphatic rings. The molecule has 1 N–H and O–H groups in total. The van der Waals surface area contributed by atoms with Gasteiger partial charge in [-0.2, -0.15) is 0 Å². The standard InChI is InChI=1S/C13H14BrNO3/c1-16-11-5-3-9(7-12(11)17-2)15-8-10-4-6-13(14)18-10/h3-7,15H,8H2,1-2H3. The van der Waals surface area contributed by atoms with Crippen molar-refractivity contribution < 1.29 is 13.9 Å². The molecule has 1 heterocycles. The van der Waals surface area contributed by atoms with Crippen molar-refractivity contribution in [2.24, 2.45) is 0 Å². The lowest BCUT2D eigenvalue weighted by Crippen LogP contribution is -1.99. The maximum atomic E-state index is 5.40. The highest BCUT2D eigenvalue weighted by Crippen LogP contribution is 2.30. The van der Waals surface area contributed by atoms with E-state index >= 15 is 0 Å². The Morgan fingerprint density at radius 1 is 1.11 bits per heavy atom. The maximum absolute atomic E-state index is 5.40. The molecule has 0 fully saturated rings. The molecule has 0 atom stereocenters. The summed E-state index contributed by atoms with van der Waals surface area (Å²) in [6, 6.07) is 9.46. The van der Waals surface area contributed by atoms with E-state index in [4.69, 9.17) is 13.9 Å². The van der Waals surface area contributed by atoms with E-state index in [2.05, 4.69) is 21.2 Å². The van der Waals surface area contributed by atoms with Crippen molar-refractivity contribution >= 4 is 21.6 Å². The first-order valence-corrected chi connectivity index (χ1v) is 6.22. The zero-order chi connectivity index (χ0) is 13.0. The number of nitrogens with one attached hydrogen (secondary N) is 1. The Morgan fingerprint density at radius 3 is 2.50 bits per heavy atom. The Morgan fingerprint density at radius 2 is 1.89 bits per heavy atom. The first-order valence-electron chi connectivity index (χ1n) is 5.43. The average Bonchev–Trinajstić information content (AvgIpc) is 2.81. The van der Waals surface area contributed by atoms with Crippen LogP contribution in [0.15, 0.2) is 39.4 Å². The van der Waals surface area contributed by atoms with Gasteiger partial charge < -0.3 is 19.2 Å². The summed E-state index contributed by atoms with van der Waals surface area (Å²) in [5.41, 5.74) is 0.945. The van der Waals surface area contributed by atoms with Crippen LogP contribution in [-0.4, -0.2) is 14.2 Å². The van der Waals surface area contributed by atoms with Crippen LogP contribution in [0.25, 0.3) is 0 Å². The summed E-state index contributed by atoms with van der Waals surface area (Å²) in [5.74, 6) is 2.27. The predicted molar refractivity (Wildman–Crippen MR) is 73.3 cm³/mol. The van der Waals surface area contributed by atoms with Gasteiger partial charge in [-0.05, 0) is 40.2 Å². The van der Waals surface area contributed by atoms with Crippen molar-refractivity contribution in [2.45, 2.75) is 6.54 Å². The van der Waals surface area contributed by atoms with E-state index in [1.165, 1.54) is 0 Å². The van der Waals surface area contributed by atoms with E-state index in [1.54, 1.807) is 14.2 Å². The van der Waals surface area contributed by atoms with Gasteiger partial charge >= 0.3 is 0 Å². The van der Waals surface area contributed by atoms with Crippen LogP contribution in [0.5, 0.6) is 11.5 Å². The van der Waals surface area contributed by atoms with Gasteiger partial charge in [-0.15, -0.1) is 0 Å². The molecule has 2 rings (SSSR count). The number of methoxy groups -OCH3 is 2. The predicted octanol–water partition coefficient (Wildman–Crippen LogP) is 3.67. The highest BCUT2D eigenvalue weighted by atomic mass is 79.9. The summed E-state index contributed by atoms with van der Waals surface area (Å²) < 4.78 is 16.6. The first-order chi connectivity index (χ1) is 8.72. The molecule has 0 saturated carbocycles. The van der Waals surface area contributed by atoms with Crippen molar-refractivity contribution in [1.29, 1.82) is 0 Å².